The molecular formula is C22H20N2O4. The van der Waals surface area contributed by atoms with E-state index in [4.69, 9.17) is 4.74 Å². The van der Waals surface area contributed by atoms with Crippen molar-refractivity contribution in [1.82, 2.24) is 4.90 Å². The van der Waals surface area contributed by atoms with Crippen molar-refractivity contribution in [1.29, 1.82) is 0 Å². The lowest BCUT2D eigenvalue weighted by Crippen LogP contribution is -2.45. The highest BCUT2D eigenvalue weighted by Crippen LogP contribution is 2.39. The average molecular weight is 376 g/mol. The molecule has 1 unspecified atom stereocenters. The molecular weight excluding hydrogens is 356 g/mol. The quantitative estimate of drug-likeness (QED) is 0.830. The summed E-state index contributed by atoms with van der Waals surface area (Å²) in [5.74, 6) is 0.622. The first-order valence-electron chi connectivity index (χ1n) is 9.56. The molecule has 1 atom stereocenters. The van der Waals surface area contributed by atoms with Gasteiger partial charge in [-0.2, -0.15) is 0 Å². The van der Waals surface area contributed by atoms with Gasteiger partial charge in [0.2, 0.25) is 5.91 Å². The third-order valence-electron chi connectivity index (χ3n) is 5.85. The molecule has 3 aliphatic heterocycles. The maximum absolute atomic E-state index is 13.0. The molecule has 3 aliphatic rings. The number of para-hydroxylation sites is 1. The summed E-state index contributed by atoms with van der Waals surface area (Å²) >= 11 is 0. The molecule has 5 rings (SSSR count). The fraction of sp³-hybridized carbons (Fsp3) is 0.318. The number of benzene rings is 2. The van der Waals surface area contributed by atoms with Gasteiger partial charge in [0.05, 0.1) is 18.5 Å². The van der Waals surface area contributed by atoms with Gasteiger partial charge in [-0.25, -0.2) is 0 Å². The lowest BCUT2D eigenvalue weighted by molar-refractivity contribution is -0.116. The Kier molecular flexibility index (Phi) is 3.75. The molecule has 2 aromatic rings. The van der Waals surface area contributed by atoms with E-state index in [2.05, 4.69) is 5.32 Å². The van der Waals surface area contributed by atoms with Gasteiger partial charge >= 0.3 is 0 Å². The van der Waals surface area contributed by atoms with Crippen molar-refractivity contribution in [3.05, 3.63) is 59.2 Å². The largest absolute Gasteiger partial charge is 0.484 e. The summed E-state index contributed by atoms with van der Waals surface area (Å²) in [7, 11) is 0. The zero-order valence-corrected chi connectivity index (χ0v) is 15.4. The summed E-state index contributed by atoms with van der Waals surface area (Å²) in [5, 5.41) is 2.84. The van der Waals surface area contributed by atoms with Gasteiger partial charge in [-0.05, 0) is 42.3 Å². The number of carbonyl (C=O) groups is 3. The van der Waals surface area contributed by atoms with Gasteiger partial charge in [0.1, 0.15) is 11.4 Å². The number of anilines is 1. The van der Waals surface area contributed by atoms with E-state index in [0.29, 0.717) is 55.6 Å². The van der Waals surface area contributed by atoms with Gasteiger partial charge in [0.15, 0.2) is 5.78 Å². The Labute approximate surface area is 162 Å². The molecule has 0 aliphatic carbocycles. The molecule has 1 fully saturated rings. The van der Waals surface area contributed by atoms with Gasteiger partial charge in [0, 0.05) is 30.6 Å². The predicted molar refractivity (Wildman–Crippen MR) is 103 cm³/mol. The van der Waals surface area contributed by atoms with E-state index in [-0.39, 0.29) is 17.6 Å². The van der Waals surface area contributed by atoms with Crippen LogP contribution in [0.3, 0.4) is 0 Å². The highest BCUT2D eigenvalue weighted by atomic mass is 16.5. The summed E-state index contributed by atoms with van der Waals surface area (Å²) in [6, 6.07) is 12.7. The molecule has 1 N–H and O–H groups in total. The van der Waals surface area contributed by atoms with Crippen LogP contribution >= 0.6 is 0 Å². The normalized spacial score (nSPS) is 23.1. The summed E-state index contributed by atoms with van der Waals surface area (Å²) in [4.78, 5) is 38.9. The van der Waals surface area contributed by atoms with Gasteiger partial charge < -0.3 is 15.0 Å². The summed E-state index contributed by atoms with van der Waals surface area (Å²) in [6.45, 7) is 0.960. The average Bonchev–Trinajstić information content (AvgIpc) is 3.10. The van der Waals surface area contributed by atoms with Crippen LogP contribution in [0.2, 0.25) is 0 Å². The van der Waals surface area contributed by atoms with Crippen molar-refractivity contribution in [3.8, 4) is 5.75 Å². The van der Waals surface area contributed by atoms with Crippen LogP contribution in [0.25, 0.3) is 0 Å². The molecule has 3 heterocycles. The Hall–Kier alpha value is -3.15. The summed E-state index contributed by atoms with van der Waals surface area (Å²) < 4.78 is 6.21. The number of amides is 2. The van der Waals surface area contributed by atoms with Crippen LogP contribution in [0.4, 0.5) is 5.69 Å². The number of Topliss-reactive ketones (excluding diaryl/α,β-unsaturated/α-hetero) is 1. The summed E-state index contributed by atoms with van der Waals surface area (Å²) in [6.07, 6.45) is 2.01. The molecule has 1 saturated heterocycles. The number of ether oxygens (including phenoxy) is 1. The number of fused-ring (bicyclic) bond motifs is 2. The van der Waals surface area contributed by atoms with E-state index in [1.54, 1.807) is 23.1 Å². The Balaban J connectivity index is 1.36. The molecule has 2 aromatic carbocycles. The zero-order chi connectivity index (χ0) is 19.3. The topological polar surface area (TPSA) is 75.7 Å². The molecule has 28 heavy (non-hydrogen) atoms. The molecule has 1 spiro atoms. The Morgan fingerprint density at radius 3 is 2.86 bits per heavy atom. The van der Waals surface area contributed by atoms with Crippen LogP contribution in [-0.2, 0) is 11.2 Å². The minimum atomic E-state index is -0.636. The minimum Gasteiger partial charge on any atom is -0.484 e. The highest BCUT2D eigenvalue weighted by molar-refractivity contribution is 6.01. The van der Waals surface area contributed by atoms with Crippen LogP contribution in [0.15, 0.2) is 42.5 Å². The van der Waals surface area contributed by atoms with Crippen LogP contribution < -0.4 is 10.1 Å². The molecule has 142 valence electrons. The number of nitrogens with one attached hydrogen (secondary N) is 1. The van der Waals surface area contributed by atoms with Gasteiger partial charge in [-0.3, -0.25) is 14.4 Å². The number of ketones is 1. The SMILES string of the molecule is O=C1CCc2cc(C(=O)N3CCC4(CC(=O)c5ccccc5O4)C3)ccc2N1. The van der Waals surface area contributed by atoms with E-state index >= 15 is 0 Å². The monoisotopic (exact) mass is 376 g/mol. The van der Waals surface area contributed by atoms with Gasteiger partial charge in [-0.15, -0.1) is 0 Å². The smallest absolute Gasteiger partial charge is 0.254 e. The Morgan fingerprint density at radius 2 is 1.96 bits per heavy atom. The highest BCUT2D eigenvalue weighted by Gasteiger charge is 2.47. The van der Waals surface area contributed by atoms with E-state index in [0.717, 1.165) is 11.3 Å². The molecule has 6 heteroatoms. The van der Waals surface area contributed by atoms with Gasteiger partial charge in [0.25, 0.3) is 5.91 Å². The molecule has 0 saturated carbocycles. The fourth-order valence-electron chi connectivity index (χ4n) is 4.39. The number of aryl methyl sites for hydroxylation is 1. The molecule has 2 amide bonds. The Bertz CT molecular complexity index is 1020. The van der Waals surface area contributed by atoms with E-state index in [1.807, 2.05) is 24.3 Å². The van der Waals surface area contributed by atoms with Crippen molar-refractivity contribution in [3.63, 3.8) is 0 Å². The number of hydrogen-bond donors (Lipinski definition) is 1. The number of carbonyl (C=O) groups excluding carboxylic acids is 3. The van der Waals surface area contributed by atoms with Crippen molar-refractivity contribution in [2.24, 2.45) is 0 Å². The predicted octanol–water partition coefficient (Wildman–Crippen LogP) is 2.82. The second-order valence-corrected chi connectivity index (χ2v) is 7.78. The second kappa shape index (κ2) is 6.19. The van der Waals surface area contributed by atoms with Crippen molar-refractivity contribution >= 4 is 23.3 Å². The van der Waals surface area contributed by atoms with E-state index < -0.39 is 5.60 Å². The fourth-order valence-corrected chi connectivity index (χ4v) is 4.39. The zero-order valence-electron chi connectivity index (χ0n) is 15.4. The number of nitrogens with zero attached hydrogens (tertiary/aromatic N) is 1. The van der Waals surface area contributed by atoms with Crippen LogP contribution in [0.5, 0.6) is 5.75 Å². The van der Waals surface area contributed by atoms with E-state index in [1.165, 1.54) is 0 Å². The third-order valence-corrected chi connectivity index (χ3v) is 5.85. The van der Waals surface area contributed by atoms with E-state index in [9.17, 15) is 14.4 Å². The van der Waals surface area contributed by atoms with Crippen molar-refractivity contribution < 1.29 is 19.1 Å². The number of hydrogen-bond acceptors (Lipinski definition) is 4. The first kappa shape index (κ1) is 17.0. The summed E-state index contributed by atoms with van der Waals surface area (Å²) in [5.41, 5.74) is 2.36. The van der Waals surface area contributed by atoms with Crippen molar-refractivity contribution in [2.75, 3.05) is 18.4 Å². The van der Waals surface area contributed by atoms with Crippen LogP contribution in [-0.4, -0.2) is 41.2 Å². The lowest BCUT2D eigenvalue weighted by Gasteiger charge is -2.34. The standard InChI is InChI=1S/C22H20N2O4/c25-18-12-22(28-19-4-2-1-3-16(18)19)9-10-24(13-22)21(27)15-5-7-17-14(11-15)6-8-20(26)23-17/h1-5,7,11H,6,8-10,12-13H2,(H,23,26). The molecule has 6 nitrogen and oxygen atoms in total. The van der Waals surface area contributed by atoms with Crippen LogP contribution in [0.1, 0.15) is 45.5 Å². The number of likely N-dealkylation sites (tertiary alicyclic amines) is 1. The molecule has 0 radical (unpaired) electrons. The first-order chi connectivity index (χ1) is 13.5. The second-order valence-electron chi connectivity index (χ2n) is 7.78. The van der Waals surface area contributed by atoms with Crippen molar-refractivity contribution in [2.45, 2.75) is 31.3 Å². The molecule has 0 bridgehead atoms. The third kappa shape index (κ3) is 2.76. The first-order valence-corrected chi connectivity index (χ1v) is 9.56. The Morgan fingerprint density at radius 1 is 1.11 bits per heavy atom. The molecule has 0 aromatic heterocycles. The minimum absolute atomic E-state index is 0.00690. The van der Waals surface area contributed by atoms with Crippen LogP contribution in [0, 0.1) is 0 Å². The maximum Gasteiger partial charge on any atom is 0.254 e. The number of rotatable bonds is 1. The maximum atomic E-state index is 13.0. The lowest BCUT2D eigenvalue weighted by atomic mass is 9.89. The van der Waals surface area contributed by atoms with Gasteiger partial charge in [-0.1, -0.05) is 12.1 Å².